The number of H-pyrrole nitrogens is 1. The van der Waals surface area contributed by atoms with Crippen LogP contribution in [0, 0.1) is 0 Å². The number of halogens is 1. The van der Waals surface area contributed by atoms with Crippen molar-refractivity contribution in [1.29, 1.82) is 0 Å². The molecular formula is C12H9BrN4O. The Labute approximate surface area is 111 Å². The van der Waals surface area contributed by atoms with Gasteiger partial charge in [0.15, 0.2) is 12.1 Å². The lowest BCUT2D eigenvalue weighted by Gasteiger charge is -1.99. The third-order valence-electron chi connectivity index (χ3n) is 2.81. The highest BCUT2D eigenvalue weighted by Crippen LogP contribution is 2.28. The number of carbonyl (C=O) groups excluding carboxylic acids is 1. The summed E-state index contributed by atoms with van der Waals surface area (Å²) in [4.78, 5) is 17.8. The number of nitrogens with one attached hydrogen (secondary N) is 1. The van der Waals surface area contributed by atoms with Crippen molar-refractivity contribution in [2.24, 2.45) is 7.05 Å². The fraction of sp³-hybridized carbons (Fsp3) is 0.0833. The first-order chi connectivity index (χ1) is 8.69. The molecule has 3 rings (SSSR count). The topological polar surface area (TPSA) is 63.6 Å². The molecule has 0 aliphatic rings. The van der Waals surface area contributed by atoms with E-state index in [1.165, 1.54) is 0 Å². The van der Waals surface area contributed by atoms with Gasteiger partial charge in [-0.1, -0.05) is 12.1 Å². The Morgan fingerprint density at radius 3 is 3.00 bits per heavy atom. The van der Waals surface area contributed by atoms with E-state index >= 15 is 0 Å². The second-order valence-electron chi connectivity index (χ2n) is 3.94. The van der Waals surface area contributed by atoms with Gasteiger partial charge in [-0.2, -0.15) is 5.10 Å². The van der Waals surface area contributed by atoms with Gasteiger partial charge in [-0.15, -0.1) is 0 Å². The van der Waals surface area contributed by atoms with Gasteiger partial charge in [0.05, 0.1) is 11.7 Å². The number of aromatic nitrogens is 4. The van der Waals surface area contributed by atoms with Crippen molar-refractivity contribution in [3.8, 4) is 11.3 Å². The van der Waals surface area contributed by atoms with Crippen LogP contribution in [-0.4, -0.2) is 26.0 Å². The number of rotatable bonds is 2. The Morgan fingerprint density at radius 1 is 1.44 bits per heavy atom. The summed E-state index contributed by atoms with van der Waals surface area (Å²) in [6, 6.07) is 5.94. The van der Waals surface area contributed by atoms with E-state index in [-0.39, 0.29) is 0 Å². The molecule has 18 heavy (non-hydrogen) atoms. The van der Waals surface area contributed by atoms with Crippen molar-refractivity contribution in [1.82, 2.24) is 19.7 Å². The summed E-state index contributed by atoms with van der Waals surface area (Å²) in [5.74, 6) is 0.307. The van der Waals surface area contributed by atoms with Crippen LogP contribution >= 0.6 is 15.9 Å². The second-order valence-corrected chi connectivity index (χ2v) is 4.74. The Kier molecular flexibility index (Phi) is 2.52. The van der Waals surface area contributed by atoms with Crippen molar-refractivity contribution >= 4 is 33.1 Å². The highest BCUT2D eigenvalue weighted by atomic mass is 79.9. The number of hydrogen-bond donors (Lipinski definition) is 1. The van der Waals surface area contributed by atoms with E-state index in [4.69, 9.17) is 0 Å². The van der Waals surface area contributed by atoms with Crippen molar-refractivity contribution in [2.45, 2.75) is 0 Å². The summed E-state index contributed by atoms with van der Waals surface area (Å²) in [5.41, 5.74) is 2.68. The van der Waals surface area contributed by atoms with Gasteiger partial charge in [0.2, 0.25) is 0 Å². The number of aryl methyl sites for hydroxylation is 1. The summed E-state index contributed by atoms with van der Waals surface area (Å²) < 4.78 is 2.51. The van der Waals surface area contributed by atoms with Crippen molar-refractivity contribution in [3.63, 3.8) is 0 Å². The molecule has 0 bridgehead atoms. The lowest BCUT2D eigenvalue weighted by molar-refractivity contribution is 0.111. The monoisotopic (exact) mass is 304 g/mol. The fourth-order valence-electron chi connectivity index (χ4n) is 1.91. The van der Waals surface area contributed by atoms with Crippen molar-refractivity contribution < 1.29 is 4.79 Å². The lowest BCUT2D eigenvalue weighted by Crippen LogP contribution is -1.89. The Morgan fingerprint density at radius 2 is 2.28 bits per heavy atom. The molecule has 0 radical (unpaired) electrons. The zero-order valence-electron chi connectivity index (χ0n) is 9.51. The average Bonchev–Trinajstić information content (AvgIpc) is 2.93. The van der Waals surface area contributed by atoms with Crippen LogP contribution in [0.25, 0.3) is 22.2 Å². The van der Waals surface area contributed by atoms with E-state index in [2.05, 4.69) is 31.0 Å². The fourth-order valence-corrected chi connectivity index (χ4v) is 2.43. The minimum Gasteiger partial charge on any atom is -0.330 e. The minimum atomic E-state index is 0.307. The van der Waals surface area contributed by atoms with E-state index in [1.807, 2.05) is 31.4 Å². The van der Waals surface area contributed by atoms with E-state index in [0.29, 0.717) is 16.7 Å². The second kappa shape index (κ2) is 4.06. The quantitative estimate of drug-likeness (QED) is 0.740. The van der Waals surface area contributed by atoms with Gasteiger partial charge in [0.1, 0.15) is 10.3 Å². The molecule has 3 aromatic rings. The van der Waals surface area contributed by atoms with E-state index in [9.17, 15) is 4.79 Å². The number of aldehydes is 1. The van der Waals surface area contributed by atoms with Gasteiger partial charge in [-0.05, 0) is 22.0 Å². The third-order valence-corrected chi connectivity index (χ3v) is 3.39. The molecule has 90 valence electrons. The third kappa shape index (κ3) is 1.65. The van der Waals surface area contributed by atoms with Gasteiger partial charge < -0.3 is 4.98 Å². The van der Waals surface area contributed by atoms with Gasteiger partial charge in [-0.3, -0.25) is 9.48 Å². The first-order valence-electron chi connectivity index (χ1n) is 5.32. The predicted octanol–water partition coefficient (Wildman–Crippen LogP) is 2.54. The molecule has 5 nitrogen and oxygen atoms in total. The number of aromatic amines is 1. The zero-order valence-corrected chi connectivity index (χ0v) is 11.1. The number of imidazole rings is 1. The Hall–Kier alpha value is -1.95. The van der Waals surface area contributed by atoms with E-state index < -0.39 is 0 Å². The minimum absolute atomic E-state index is 0.307. The number of nitrogens with zero attached hydrogens (tertiary/aromatic N) is 3. The molecule has 0 amide bonds. The molecule has 6 heteroatoms. The van der Waals surface area contributed by atoms with E-state index in [0.717, 1.165) is 22.2 Å². The number of fused-ring (bicyclic) bond motifs is 1. The SMILES string of the molecule is Cn1ncc2ccc(-c3nc(C=O)[nH]c3Br)cc21. The van der Waals surface area contributed by atoms with Gasteiger partial charge in [0, 0.05) is 18.0 Å². The molecule has 1 aromatic carbocycles. The smallest absolute Gasteiger partial charge is 0.185 e. The Bertz CT molecular complexity index is 744. The number of hydrogen-bond acceptors (Lipinski definition) is 3. The Balaban J connectivity index is 2.21. The molecule has 2 aromatic heterocycles. The molecule has 0 spiro atoms. The standard InChI is InChI=1S/C12H9BrN4O/c1-17-9-4-7(2-3-8(9)5-14-17)11-12(13)16-10(6-18)15-11/h2-6H,1H3,(H,15,16). The van der Waals surface area contributed by atoms with Crippen LogP contribution in [0.4, 0.5) is 0 Å². The van der Waals surface area contributed by atoms with Gasteiger partial charge >= 0.3 is 0 Å². The van der Waals surface area contributed by atoms with Crippen molar-refractivity contribution in [2.75, 3.05) is 0 Å². The maximum Gasteiger partial charge on any atom is 0.185 e. The summed E-state index contributed by atoms with van der Waals surface area (Å²) in [6.07, 6.45) is 2.51. The average molecular weight is 305 g/mol. The van der Waals surface area contributed by atoms with E-state index in [1.54, 1.807) is 4.68 Å². The van der Waals surface area contributed by atoms with Crippen LogP contribution in [0.1, 0.15) is 10.6 Å². The molecule has 0 fully saturated rings. The maximum absolute atomic E-state index is 10.7. The van der Waals surface area contributed by atoms with Gasteiger partial charge in [0.25, 0.3) is 0 Å². The van der Waals surface area contributed by atoms with Crippen LogP contribution in [0.2, 0.25) is 0 Å². The number of carbonyl (C=O) groups is 1. The maximum atomic E-state index is 10.7. The van der Waals surface area contributed by atoms with Crippen LogP contribution in [0.3, 0.4) is 0 Å². The van der Waals surface area contributed by atoms with Crippen LogP contribution in [0.15, 0.2) is 29.0 Å². The molecule has 1 N–H and O–H groups in total. The first-order valence-corrected chi connectivity index (χ1v) is 6.11. The normalized spacial score (nSPS) is 11.0. The van der Waals surface area contributed by atoms with Crippen LogP contribution in [-0.2, 0) is 7.05 Å². The summed E-state index contributed by atoms with van der Waals surface area (Å²) in [6.45, 7) is 0. The summed E-state index contributed by atoms with van der Waals surface area (Å²) in [5, 5.41) is 5.27. The summed E-state index contributed by atoms with van der Waals surface area (Å²) in [7, 11) is 1.89. The largest absolute Gasteiger partial charge is 0.330 e. The molecule has 2 heterocycles. The van der Waals surface area contributed by atoms with Gasteiger partial charge in [-0.25, -0.2) is 4.98 Å². The van der Waals surface area contributed by atoms with Crippen LogP contribution < -0.4 is 0 Å². The molecule has 0 atom stereocenters. The van der Waals surface area contributed by atoms with Crippen molar-refractivity contribution in [3.05, 3.63) is 34.8 Å². The molecule has 0 saturated heterocycles. The lowest BCUT2D eigenvalue weighted by atomic mass is 10.1. The highest BCUT2D eigenvalue weighted by Gasteiger charge is 2.11. The molecule has 0 aliphatic heterocycles. The molecule has 0 unspecified atom stereocenters. The predicted molar refractivity (Wildman–Crippen MR) is 71.4 cm³/mol. The number of benzene rings is 1. The zero-order chi connectivity index (χ0) is 12.7. The molecule has 0 aliphatic carbocycles. The van der Waals surface area contributed by atoms with Crippen LogP contribution in [0.5, 0.6) is 0 Å². The molecule has 0 saturated carbocycles. The molecular weight excluding hydrogens is 296 g/mol. The summed E-state index contributed by atoms with van der Waals surface area (Å²) >= 11 is 3.37. The highest BCUT2D eigenvalue weighted by molar-refractivity contribution is 9.10. The first kappa shape index (κ1) is 11.2.